The van der Waals surface area contributed by atoms with E-state index in [-0.39, 0.29) is 5.82 Å². The van der Waals surface area contributed by atoms with Crippen molar-refractivity contribution in [3.63, 3.8) is 0 Å². The van der Waals surface area contributed by atoms with Crippen molar-refractivity contribution < 1.29 is 13.9 Å². The predicted octanol–water partition coefficient (Wildman–Crippen LogP) is 1.64. The highest BCUT2D eigenvalue weighted by Gasteiger charge is 2.14. The summed E-state index contributed by atoms with van der Waals surface area (Å²) in [4.78, 5) is 2.09. The van der Waals surface area contributed by atoms with Crippen LogP contribution in [0.25, 0.3) is 0 Å². The number of methoxy groups -OCH3 is 2. The SMILES string of the molecule is CNCc1c(F)cccc1N(CCOC)CCOC. The van der Waals surface area contributed by atoms with Crippen LogP contribution in [0.3, 0.4) is 0 Å². The van der Waals surface area contributed by atoms with Gasteiger partial charge in [0.25, 0.3) is 0 Å². The molecule has 1 aromatic rings. The molecule has 0 aliphatic heterocycles. The van der Waals surface area contributed by atoms with Gasteiger partial charge in [0.05, 0.1) is 13.2 Å². The number of hydrogen-bond acceptors (Lipinski definition) is 4. The molecule has 0 aliphatic carbocycles. The van der Waals surface area contributed by atoms with E-state index < -0.39 is 0 Å². The van der Waals surface area contributed by atoms with Gasteiger partial charge in [0, 0.05) is 45.1 Å². The number of ether oxygens (including phenoxy) is 2. The van der Waals surface area contributed by atoms with E-state index in [4.69, 9.17) is 9.47 Å². The van der Waals surface area contributed by atoms with E-state index >= 15 is 0 Å². The Kier molecular flexibility index (Phi) is 7.40. The first-order valence-electron chi connectivity index (χ1n) is 6.39. The maximum atomic E-state index is 13.9. The Balaban J connectivity index is 2.95. The number of hydrogen-bond donors (Lipinski definition) is 1. The standard InChI is InChI=1S/C14H23FN2O2/c1-16-11-12-13(15)5-4-6-14(12)17(7-9-18-2)8-10-19-3/h4-6,16H,7-11H2,1-3H3. The molecule has 1 N–H and O–H groups in total. The zero-order valence-corrected chi connectivity index (χ0v) is 11.9. The van der Waals surface area contributed by atoms with Crippen molar-refractivity contribution in [2.24, 2.45) is 0 Å². The van der Waals surface area contributed by atoms with Crippen LogP contribution in [0.1, 0.15) is 5.56 Å². The smallest absolute Gasteiger partial charge is 0.129 e. The fourth-order valence-corrected chi connectivity index (χ4v) is 1.95. The van der Waals surface area contributed by atoms with Gasteiger partial charge in [-0.15, -0.1) is 0 Å². The third-order valence-corrected chi connectivity index (χ3v) is 2.92. The fraction of sp³-hybridized carbons (Fsp3) is 0.571. The van der Waals surface area contributed by atoms with Gasteiger partial charge in [-0.25, -0.2) is 4.39 Å². The molecule has 0 radical (unpaired) electrons. The highest BCUT2D eigenvalue weighted by Crippen LogP contribution is 2.23. The van der Waals surface area contributed by atoms with Crippen LogP contribution < -0.4 is 10.2 Å². The summed E-state index contributed by atoms with van der Waals surface area (Å²) in [5, 5.41) is 3.00. The van der Waals surface area contributed by atoms with Crippen molar-refractivity contribution in [2.75, 3.05) is 52.5 Å². The fourth-order valence-electron chi connectivity index (χ4n) is 1.95. The zero-order chi connectivity index (χ0) is 14.1. The second-order valence-corrected chi connectivity index (χ2v) is 4.24. The van der Waals surface area contributed by atoms with Crippen LogP contribution in [0.15, 0.2) is 18.2 Å². The summed E-state index contributed by atoms with van der Waals surface area (Å²) in [6.07, 6.45) is 0. The third kappa shape index (κ3) is 4.78. The van der Waals surface area contributed by atoms with Crippen molar-refractivity contribution in [2.45, 2.75) is 6.54 Å². The lowest BCUT2D eigenvalue weighted by molar-refractivity contribution is 0.190. The van der Waals surface area contributed by atoms with Crippen LogP contribution in [0.2, 0.25) is 0 Å². The maximum Gasteiger partial charge on any atom is 0.129 e. The van der Waals surface area contributed by atoms with Gasteiger partial charge >= 0.3 is 0 Å². The number of nitrogens with zero attached hydrogens (tertiary/aromatic N) is 1. The average molecular weight is 270 g/mol. The van der Waals surface area contributed by atoms with Crippen molar-refractivity contribution in [1.29, 1.82) is 0 Å². The van der Waals surface area contributed by atoms with E-state index in [0.29, 0.717) is 38.4 Å². The van der Waals surface area contributed by atoms with Gasteiger partial charge in [-0.05, 0) is 19.2 Å². The Hall–Kier alpha value is -1.17. The van der Waals surface area contributed by atoms with E-state index in [2.05, 4.69) is 10.2 Å². The van der Waals surface area contributed by atoms with Crippen LogP contribution in [0.4, 0.5) is 10.1 Å². The van der Waals surface area contributed by atoms with Crippen LogP contribution in [0.5, 0.6) is 0 Å². The van der Waals surface area contributed by atoms with Gasteiger partial charge in [-0.1, -0.05) is 6.07 Å². The zero-order valence-electron chi connectivity index (χ0n) is 11.9. The summed E-state index contributed by atoms with van der Waals surface area (Å²) in [5.41, 5.74) is 1.57. The Bertz CT molecular complexity index is 366. The van der Waals surface area contributed by atoms with Gasteiger partial charge in [0.15, 0.2) is 0 Å². The number of anilines is 1. The second-order valence-electron chi connectivity index (χ2n) is 4.24. The molecular formula is C14H23FN2O2. The highest BCUT2D eigenvalue weighted by atomic mass is 19.1. The quantitative estimate of drug-likeness (QED) is 0.740. The molecule has 0 saturated heterocycles. The first-order valence-corrected chi connectivity index (χ1v) is 6.39. The minimum Gasteiger partial charge on any atom is -0.383 e. The number of rotatable bonds is 9. The molecule has 4 nitrogen and oxygen atoms in total. The van der Waals surface area contributed by atoms with E-state index in [1.807, 2.05) is 13.1 Å². The first-order chi connectivity index (χ1) is 9.24. The largest absolute Gasteiger partial charge is 0.383 e. The average Bonchev–Trinajstić information content (AvgIpc) is 2.42. The van der Waals surface area contributed by atoms with Crippen molar-refractivity contribution in [3.05, 3.63) is 29.6 Å². The lowest BCUT2D eigenvalue weighted by Gasteiger charge is -2.27. The second kappa shape index (κ2) is 8.85. The summed E-state index contributed by atoms with van der Waals surface area (Å²) < 4.78 is 24.1. The van der Waals surface area contributed by atoms with E-state index in [1.54, 1.807) is 20.3 Å². The Morgan fingerprint density at radius 1 is 1.16 bits per heavy atom. The molecule has 0 fully saturated rings. The monoisotopic (exact) mass is 270 g/mol. The molecule has 0 unspecified atom stereocenters. The van der Waals surface area contributed by atoms with Crippen LogP contribution in [-0.4, -0.2) is 47.6 Å². The van der Waals surface area contributed by atoms with E-state index in [0.717, 1.165) is 5.69 Å². The summed E-state index contributed by atoms with van der Waals surface area (Å²) in [7, 11) is 5.13. The predicted molar refractivity (Wildman–Crippen MR) is 75.1 cm³/mol. The summed E-state index contributed by atoms with van der Waals surface area (Å²) in [5.74, 6) is -0.188. The molecule has 0 heterocycles. The molecule has 1 rings (SSSR count). The van der Waals surface area contributed by atoms with E-state index in [9.17, 15) is 4.39 Å². The lowest BCUT2D eigenvalue weighted by atomic mass is 10.1. The highest BCUT2D eigenvalue weighted by molar-refractivity contribution is 5.54. The summed E-state index contributed by atoms with van der Waals surface area (Å²) >= 11 is 0. The Morgan fingerprint density at radius 2 is 1.79 bits per heavy atom. The summed E-state index contributed by atoms with van der Waals surface area (Å²) in [6, 6.07) is 5.15. The number of benzene rings is 1. The molecule has 19 heavy (non-hydrogen) atoms. The van der Waals surface area contributed by atoms with Crippen molar-refractivity contribution >= 4 is 5.69 Å². The van der Waals surface area contributed by atoms with Crippen LogP contribution in [-0.2, 0) is 16.0 Å². The lowest BCUT2D eigenvalue weighted by Crippen LogP contribution is -2.32. The third-order valence-electron chi connectivity index (χ3n) is 2.92. The Morgan fingerprint density at radius 3 is 2.32 bits per heavy atom. The molecule has 0 aromatic heterocycles. The van der Waals surface area contributed by atoms with Gasteiger partial charge in [-0.3, -0.25) is 0 Å². The van der Waals surface area contributed by atoms with Gasteiger partial charge in [0.1, 0.15) is 5.82 Å². The van der Waals surface area contributed by atoms with Gasteiger partial charge in [0.2, 0.25) is 0 Å². The molecule has 1 aromatic carbocycles. The maximum absolute atomic E-state index is 13.9. The molecule has 0 amide bonds. The normalized spacial score (nSPS) is 10.7. The van der Waals surface area contributed by atoms with Gasteiger partial charge in [-0.2, -0.15) is 0 Å². The Labute approximate surface area is 114 Å². The molecule has 108 valence electrons. The molecule has 0 spiro atoms. The molecule has 0 atom stereocenters. The number of halogens is 1. The van der Waals surface area contributed by atoms with Crippen LogP contribution >= 0.6 is 0 Å². The number of nitrogens with one attached hydrogen (secondary N) is 1. The molecule has 0 aliphatic rings. The molecule has 5 heteroatoms. The van der Waals surface area contributed by atoms with Crippen LogP contribution in [0, 0.1) is 5.82 Å². The van der Waals surface area contributed by atoms with E-state index in [1.165, 1.54) is 6.07 Å². The van der Waals surface area contributed by atoms with Gasteiger partial charge < -0.3 is 19.7 Å². The molecule has 0 bridgehead atoms. The summed E-state index contributed by atoms with van der Waals surface area (Å²) in [6.45, 7) is 3.11. The first kappa shape index (κ1) is 15.9. The topological polar surface area (TPSA) is 33.7 Å². The molecular weight excluding hydrogens is 247 g/mol. The minimum atomic E-state index is -0.188. The minimum absolute atomic E-state index is 0.188. The molecule has 0 saturated carbocycles. The van der Waals surface area contributed by atoms with Crippen molar-refractivity contribution in [3.8, 4) is 0 Å². The van der Waals surface area contributed by atoms with Crippen molar-refractivity contribution in [1.82, 2.24) is 5.32 Å².